The molecule has 3 fully saturated rings. The van der Waals surface area contributed by atoms with Crippen molar-refractivity contribution in [1.29, 1.82) is 0 Å². The van der Waals surface area contributed by atoms with Crippen LogP contribution in [0.1, 0.15) is 41.9 Å². The van der Waals surface area contributed by atoms with Crippen LogP contribution in [0.25, 0.3) is 11.2 Å². The molecule has 2 atom stereocenters. The first-order chi connectivity index (χ1) is 11.1. The van der Waals surface area contributed by atoms with Gasteiger partial charge in [0.05, 0.1) is 11.1 Å². The number of aromatic amines is 1. The van der Waals surface area contributed by atoms with E-state index >= 15 is 0 Å². The molecule has 6 nitrogen and oxygen atoms in total. The number of amides is 1. The number of hydrogen-bond donors (Lipinski definition) is 2. The van der Waals surface area contributed by atoms with E-state index in [-0.39, 0.29) is 11.4 Å². The van der Waals surface area contributed by atoms with Crippen LogP contribution in [0.2, 0.25) is 0 Å². The molecule has 0 aromatic carbocycles. The van der Waals surface area contributed by atoms with Crippen molar-refractivity contribution in [2.75, 3.05) is 13.1 Å². The van der Waals surface area contributed by atoms with Crippen molar-refractivity contribution in [1.82, 2.24) is 19.9 Å². The van der Waals surface area contributed by atoms with Crippen molar-refractivity contribution in [2.24, 2.45) is 17.6 Å². The summed E-state index contributed by atoms with van der Waals surface area (Å²) >= 11 is 0. The van der Waals surface area contributed by atoms with Gasteiger partial charge in [0.2, 0.25) is 0 Å². The number of rotatable bonds is 3. The normalized spacial score (nSPS) is 29.6. The second-order valence-corrected chi connectivity index (χ2v) is 7.54. The number of aromatic nitrogens is 3. The van der Waals surface area contributed by atoms with Crippen molar-refractivity contribution in [3.05, 3.63) is 23.7 Å². The smallest absolute Gasteiger partial charge is 0.256 e. The molecule has 1 amide bonds. The summed E-state index contributed by atoms with van der Waals surface area (Å²) in [4.78, 5) is 27.1. The minimum Gasteiger partial charge on any atom is -0.340 e. The lowest BCUT2D eigenvalue weighted by Gasteiger charge is -2.39. The van der Waals surface area contributed by atoms with Crippen LogP contribution in [0.5, 0.6) is 0 Å². The Hall–Kier alpha value is -1.95. The van der Waals surface area contributed by atoms with Gasteiger partial charge in [-0.1, -0.05) is 0 Å². The molecular weight excluding hydrogens is 290 g/mol. The third kappa shape index (κ3) is 2.08. The van der Waals surface area contributed by atoms with Crippen LogP contribution in [0.4, 0.5) is 0 Å². The molecule has 120 valence electrons. The Kier molecular flexibility index (Phi) is 2.66. The maximum Gasteiger partial charge on any atom is 0.256 e. The Morgan fingerprint density at radius 2 is 2.30 bits per heavy atom. The first kappa shape index (κ1) is 13.5. The number of nitrogens with one attached hydrogen (secondary N) is 1. The van der Waals surface area contributed by atoms with Gasteiger partial charge in [0, 0.05) is 31.2 Å². The van der Waals surface area contributed by atoms with Crippen LogP contribution < -0.4 is 5.73 Å². The summed E-state index contributed by atoms with van der Waals surface area (Å²) in [6.07, 6.45) is 7.38. The van der Waals surface area contributed by atoms with E-state index in [1.165, 1.54) is 12.8 Å². The summed E-state index contributed by atoms with van der Waals surface area (Å²) in [6.45, 7) is 1.45. The number of nitrogens with two attached hydrogens (primary N) is 1. The Bertz CT molecular complexity index is 795. The van der Waals surface area contributed by atoms with Crippen LogP contribution >= 0.6 is 0 Å². The molecule has 2 saturated carbocycles. The van der Waals surface area contributed by atoms with Crippen molar-refractivity contribution in [2.45, 2.75) is 37.6 Å². The molecule has 0 bridgehead atoms. The topological polar surface area (TPSA) is 87.9 Å². The molecule has 1 saturated heterocycles. The zero-order chi connectivity index (χ0) is 15.6. The fraction of sp³-hybridized carbons (Fsp3) is 0.588. The van der Waals surface area contributed by atoms with Gasteiger partial charge in [-0.2, -0.15) is 0 Å². The Morgan fingerprint density at radius 3 is 2.96 bits per heavy atom. The van der Waals surface area contributed by atoms with Crippen molar-refractivity contribution < 1.29 is 4.79 Å². The number of likely N-dealkylation sites (tertiary alicyclic amines) is 1. The molecule has 0 radical (unpaired) electrons. The summed E-state index contributed by atoms with van der Waals surface area (Å²) in [7, 11) is 0. The first-order valence-electron chi connectivity index (χ1n) is 8.54. The van der Waals surface area contributed by atoms with E-state index in [0.29, 0.717) is 23.7 Å². The van der Waals surface area contributed by atoms with Gasteiger partial charge < -0.3 is 15.6 Å². The number of hydrogen-bond acceptors (Lipinski definition) is 4. The standard InChI is InChI=1S/C17H21N5O/c18-17-5-3-11(17)8-22(9-17)16(23)12-4-6-19-15-14(12)20-13(21-15)7-10-1-2-10/h4,6,10-11H,1-3,5,7-9,18H2,(H,19,20,21)/t11-,17-/m0/s1. The molecule has 23 heavy (non-hydrogen) atoms. The number of imidazole rings is 1. The summed E-state index contributed by atoms with van der Waals surface area (Å²) in [5.41, 5.74) is 8.32. The first-order valence-corrected chi connectivity index (χ1v) is 8.54. The SMILES string of the molecule is N[C@]12CC[C@H]1CN(C(=O)c1ccnc3nc(CC4CC4)[nH]c13)C2. The number of H-pyrrole nitrogens is 1. The second-order valence-electron chi connectivity index (χ2n) is 7.54. The maximum atomic E-state index is 13.0. The van der Waals surface area contributed by atoms with Crippen molar-refractivity contribution in [3.8, 4) is 0 Å². The van der Waals surface area contributed by atoms with Gasteiger partial charge in [0.1, 0.15) is 5.82 Å². The van der Waals surface area contributed by atoms with Gasteiger partial charge in [0.15, 0.2) is 5.65 Å². The van der Waals surface area contributed by atoms with Crippen LogP contribution in [-0.4, -0.2) is 44.4 Å². The predicted molar refractivity (Wildman–Crippen MR) is 85.9 cm³/mol. The number of nitrogens with zero attached hydrogens (tertiary/aromatic N) is 3. The third-order valence-corrected chi connectivity index (χ3v) is 5.84. The lowest BCUT2D eigenvalue weighted by molar-refractivity contribution is 0.0786. The second kappa shape index (κ2) is 4.54. The van der Waals surface area contributed by atoms with E-state index < -0.39 is 0 Å². The van der Waals surface area contributed by atoms with E-state index in [1.54, 1.807) is 12.3 Å². The highest BCUT2D eigenvalue weighted by Crippen LogP contribution is 2.43. The summed E-state index contributed by atoms with van der Waals surface area (Å²) in [6, 6.07) is 1.80. The molecule has 0 unspecified atom stereocenters. The number of carbonyl (C=O) groups excluding carboxylic acids is 1. The molecule has 3 N–H and O–H groups in total. The van der Waals surface area contributed by atoms with Gasteiger partial charge in [-0.25, -0.2) is 9.97 Å². The summed E-state index contributed by atoms with van der Waals surface area (Å²) in [5, 5.41) is 0. The Morgan fingerprint density at radius 1 is 1.43 bits per heavy atom. The van der Waals surface area contributed by atoms with Gasteiger partial charge in [-0.05, 0) is 43.6 Å². The van der Waals surface area contributed by atoms with E-state index in [1.807, 2.05) is 4.90 Å². The zero-order valence-corrected chi connectivity index (χ0v) is 13.1. The molecule has 1 aliphatic heterocycles. The average Bonchev–Trinajstić information content (AvgIpc) is 3.19. The van der Waals surface area contributed by atoms with Gasteiger partial charge in [0.25, 0.3) is 5.91 Å². The van der Waals surface area contributed by atoms with Crippen LogP contribution in [0.15, 0.2) is 12.3 Å². The largest absolute Gasteiger partial charge is 0.340 e. The van der Waals surface area contributed by atoms with E-state index in [4.69, 9.17) is 5.73 Å². The highest BCUT2D eigenvalue weighted by molar-refractivity contribution is 6.04. The van der Waals surface area contributed by atoms with Crippen LogP contribution in [0, 0.1) is 11.8 Å². The molecule has 3 aliphatic rings. The fourth-order valence-corrected chi connectivity index (χ4v) is 4.04. The lowest BCUT2D eigenvalue weighted by atomic mass is 9.70. The highest BCUT2D eigenvalue weighted by Gasteiger charge is 2.51. The van der Waals surface area contributed by atoms with Crippen LogP contribution in [0.3, 0.4) is 0 Å². The van der Waals surface area contributed by atoms with Crippen molar-refractivity contribution >= 4 is 17.1 Å². The number of pyridine rings is 1. The molecule has 2 aromatic heterocycles. The molecule has 6 heteroatoms. The Labute approximate surface area is 134 Å². The number of carbonyl (C=O) groups is 1. The molecule has 0 spiro atoms. The molecule has 2 aliphatic carbocycles. The van der Waals surface area contributed by atoms with E-state index in [9.17, 15) is 4.79 Å². The van der Waals surface area contributed by atoms with Gasteiger partial charge in [-0.3, -0.25) is 4.79 Å². The molecule has 2 aromatic rings. The Balaban J connectivity index is 1.47. The highest BCUT2D eigenvalue weighted by atomic mass is 16.2. The molecular formula is C17H21N5O. The lowest BCUT2D eigenvalue weighted by Crippen LogP contribution is -2.54. The number of fused-ring (bicyclic) bond motifs is 2. The van der Waals surface area contributed by atoms with E-state index in [0.717, 1.165) is 43.1 Å². The minimum atomic E-state index is -0.146. The minimum absolute atomic E-state index is 0.0539. The summed E-state index contributed by atoms with van der Waals surface area (Å²) < 4.78 is 0. The van der Waals surface area contributed by atoms with Gasteiger partial charge >= 0.3 is 0 Å². The van der Waals surface area contributed by atoms with E-state index in [2.05, 4.69) is 15.0 Å². The van der Waals surface area contributed by atoms with Gasteiger partial charge in [-0.15, -0.1) is 0 Å². The summed E-state index contributed by atoms with van der Waals surface area (Å²) in [5.74, 6) is 2.22. The average molecular weight is 311 g/mol. The zero-order valence-electron chi connectivity index (χ0n) is 13.1. The molecule has 5 rings (SSSR count). The van der Waals surface area contributed by atoms with Crippen LogP contribution in [-0.2, 0) is 6.42 Å². The monoisotopic (exact) mass is 311 g/mol. The quantitative estimate of drug-likeness (QED) is 0.898. The third-order valence-electron chi connectivity index (χ3n) is 5.84. The maximum absolute atomic E-state index is 13.0. The molecule has 3 heterocycles. The predicted octanol–water partition coefficient (Wildman–Crippen LogP) is 1.47. The van der Waals surface area contributed by atoms with Crippen molar-refractivity contribution in [3.63, 3.8) is 0 Å². The fourth-order valence-electron chi connectivity index (χ4n) is 4.04.